The Balaban J connectivity index is 1.67. The van der Waals surface area contributed by atoms with Crippen molar-refractivity contribution < 1.29 is 17.9 Å². The molecule has 154 valence electrons. The monoisotopic (exact) mass is 487 g/mol. The van der Waals surface area contributed by atoms with Gasteiger partial charge in [0.2, 0.25) is 5.91 Å². The molecule has 0 aliphatic heterocycles. The predicted octanol–water partition coefficient (Wildman–Crippen LogP) is 4.31. The Morgan fingerprint density at radius 3 is 2.53 bits per heavy atom. The third kappa shape index (κ3) is 5.68. The number of methoxy groups -OCH3 is 1. The van der Waals surface area contributed by atoms with Gasteiger partial charge in [-0.05, 0) is 60.7 Å². The molecule has 1 aromatic heterocycles. The maximum absolute atomic E-state index is 12.4. The van der Waals surface area contributed by atoms with Gasteiger partial charge in [-0.25, -0.2) is 13.4 Å². The van der Waals surface area contributed by atoms with Crippen LogP contribution in [0, 0.1) is 0 Å². The van der Waals surface area contributed by atoms with Crippen LogP contribution in [0.3, 0.4) is 0 Å². The first kappa shape index (κ1) is 21.5. The second-order valence-corrected chi connectivity index (χ2v) is 8.65. The molecule has 2 N–H and O–H groups in total. The molecular formula is C21H18BrN3O4S. The Kier molecular flexibility index (Phi) is 6.86. The molecule has 0 unspecified atom stereocenters. The van der Waals surface area contributed by atoms with Crippen LogP contribution < -0.4 is 14.8 Å². The van der Waals surface area contributed by atoms with E-state index in [4.69, 9.17) is 4.74 Å². The Labute approximate surface area is 183 Å². The molecular weight excluding hydrogens is 470 g/mol. The van der Waals surface area contributed by atoms with E-state index < -0.39 is 10.0 Å². The van der Waals surface area contributed by atoms with Crippen molar-refractivity contribution in [1.82, 2.24) is 4.98 Å². The molecule has 0 radical (unpaired) electrons. The first-order valence-corrected chi connectivity index (χ1v) is 11.0. The minimum absolute atomic E-state index is 0.0561. The van der Waals surface area contributed by atoms with Crippen molar-refractivity contribution in [3.8, 4) is 5.75 Å². The Hall–Kier alpha value is -3.17. The van der Waals surface area contributed by atoms with Crippen LogP contribution in [-0.4, -0.2) is 26.4 Å². The zero-order chi connectivity index (χ0) is 21.6. The zero-order valence-corrected chi connectivity index (χ0v) is 18.3. The highest BCUT2D eigenvalue weighted by Crippen LogP contribution is 2.24. The van der Waals surface area contributed by atoms with Crippen molar-refractivity contribution in [2.24, 2.45) is 0 Å². The fourth-order valence-electron chi connectivity index (χ4n) is 2.52. The summed E-state index contributed by atoms with van der Waals surface area (Å²) in [6.07, 6.45) is 4.50. The molecule has 30 heavy (non-hydrogen) atoms. The van der Waals surface area contributed by atoms with E-state index in [0.717, 1.165) is 10.0 Å². The second kappa shape index (κ2) is 9.55. The summed E-state index contributed by atoms with van der Waals surface area (Å²) in [5.74, 6) is 0.499. The van der Waals surface area contributed by atoms with Gasteiger partial charge in [-0.1, -0.05) is 22.0 Å². The number of ether oxygens (including phenoxy) is 1. The van der Waals surface area contributed by atoms with Crippen molar-refractivity contribution in [2.45, 2.75) is 4.90 Å². The molecule has 1 amide bonds. The quantitative estimate of drug-likeness (QED) is 0.484. The Morgan fingerprint density at radius 2 is 1.87 bits per heavy atom. The van der Waals surface area contributed by atoms with Gasteiger partial charge >= 0.3 is 0 Å². The molecule has 0 atom stereocenters. The van der Waals surface area contributed by atoms with Crippen LogP contribution in [0.25, 0.3) is 6.08 Å². The van der Waals surface area contributed by atoms with Crippen LogP contribution in [0.1, 0.15) is 5.56 Å². The first-order chi connectivity index (χ1) is 14.4. The minimum Gasteiger partial charge on any atom is -0.496 e. The van der Waals surface area contributed by atoms with Gasteiger partial charge < -0.3 is 10.1 Å². The summed E-state index contributed by atoms with van der Waals surface area (Å²) >= 11 is 3.38. The van der Waals surface area contributed by atoms with Gasteiger partial charge in [0.15, 0.2) is 0 Å². The Morgan fingerprint density at radius 1 is 1.10 bits per heavy atom. The lowest BCUT2D eigenvalue weighted by molar-refractivity contribution is -0.111. The summed E-state index contributed by atoms with van der Waals surface area (Å²) in [5.41, 5.74) is 1.20. The van der Waals surface area contributed by atoms with Gasteiger partial charge in [0.1, 0.15) is 11.6 Å². The lowest BCUT2D eigenvalue weighted by Crippen LogP contribution is -2.14. The van der Waals surface area contributed by atoms with Crippen LogP contribution in [0.15, 0.2) is 82.3 Å². The number of nitrogens with zero attached hydrogens (tertiary/aromatic N) is 1. The zero-order valence-electron chi connectivity index (χ0n) is 15.9. The smallest absolute Gasteiger partial charge is 0.263 e. The third-order valence-electron chi connectivity index (χ3n) is 3.94. The predicted molar refractivity (Wildman–Crippen MR) is 120 cm³/mol. The van der Waals surface area contributed by atoms with E-state index in [0.29, 0.717) is 11.4 Å². The molecule has 0 saturated carbocycles. The van der Waals surface area contributed by atoms with Crippen molar-refractivity contribution in [3.05, 3.63) is 83.0 Å². The fourth-order valence-corrected chi connectivity index (χ4v) is 3.91. The maximum atomic E-state index is 12.4. The van der Waals surface area contributed by atoms with Crippen LogP contribution in [-0.2, 0) is 14.8 Å². The number of nitrogens with one attached hydrogen (secondary N) is 2. The number of carbonyl (C=O) groups excluding carboxylic acids is 1. The number of halogens is 1. The highest BCUT2D eigenvalue weighted by Gasteiger charge is 2.14. The molecule has 0 bridgehead atoms. The molecule has 0 fully saturated rings. The average molecular weight is 488 g/mol. The fraction of sp³-hybridized carbons (Fsp3) is 0.0476. The van der Waals surface area contributed by atoms with Crippen molar-refractivity contribution in [3.63, 3.8) is 0 Å². The normalized spacial score (nSPS) is 11.3. The number of hydrogen-bond acceptors (Lipinski definition) is 5. The van der Waals surface area contributed by atoms with E-state index >= 15 is 0 Å². The minimum atomic E-state index is -3.77. The van der Waals surface area contributed by atoms with Gasteiger partial charge in [0.05, 0.1) is 12.0 Å². The van der Waals surface area contributed by atoms with E-state index in [9.17, 15) is 13.2 Å². The summed E-state index contributed by atoms with van der Waals surface area (Å²) in [7, 11) is -2.22. The van der Waals surface area contributed by atoms with Crippen LogP contribution in [0.4, 0.5) is 11.5 Å². The van der Waals surface area contributed by atoms with E-state index in [1.165, 1.54) is 36.5 Å². The second-order valence-electron chi connectivity index (χ2n) is 6.05. The third-order valence-corrected chi connectivity index (χ3v) is 5.81. The lowest BCUT2D eigenvalue weighted by atomic mass is 10.2. The average Bonchev–Trinajstić information content (AvgIpc) is 2.73. The summed E-state index contributed by atoms with van der Waals surface area (Å²) in [5, 5.41) is 2.69. The van der Waals surface area contributed by atoms with Gasteiger partial charge in [-0.2, -0.15) is 0 Å². The number of rotatable bonds is 7. The van der Waals surface area contributed by atoms with E-state index in [1.807, 2.05) is 12.1 Å². The van der Waals surface area contributed by atoms with Crippen LogP contribution >= 0.6 is 15.9 Å². The van der Waals surface area contributed by atoms with Gasteiger partial charge in [-0.3, -0.25) is 9.52 Å². The number of anilines is 2. The first-order valence-electron chi connectivity index (χ1n) is 8.74. The highest BCUT2D eigenvalue weighted by molar-refractivity contribution is 9.10. The lowest BCUT2D eigenvalue weighted by Gasteiger charge is -2.08. The van der Waals surface area contributed by atoms with Gasteiger partial charge in [0, 0.05) is 28.0 Å². The van der Waals surface area contributed by atoms with E-state index in [1.54, 1.807) is 37.5 Å². The largest absolute Gasteiger partial charge is 0.496 e. The molecule has 7 nitrogen and oxygen atoms in total. The SMILES string of the molecule is COc1ccc(Br)cc1/C=C/C(=O)Nc1ccc(S(=O)(=O)Nc2ccccn2)cc1. The summed E-state index contributed by atoms with van der Waals surface area (Å²) in [4.78, 5) is 16.2. The summed E-state index contributed by atoms with van der Waals surface area (Å²) in [6.45, 7) is 0. The van der Waals surface area contributed by atoms with Crippen LogP contribution in [0.5, 0.6) is 5.75 Å². The van der Waals surface area contributed by atoms with Crippen molar-refractivity contribution >= 4 is 49.4 Å². The van der Waals surface area contributed by atoms with E-state index in [-0.39, 0.29) is 16.6 Å². The molecule has 3 aromatic rings. The van der Waals surface area contributed by atoms with Crippen molar-refractivity contribution in [1.29, 1.82) is 0 Å². The molecule has 2 aromatic carbocycles. The van der Waals surface area contributed by atoms with E-state index in [2.05, 4.69) is 31.0 Å². The molecule has 9 heteroatoms. The summed E-state index contributed by atoms with van der Waals surface area (Å²) < 4.78 is 33.4. The molecule has 0 saturated heterocycles. The summed E-state index contributed by atoms with van der Waals surface area (Å²) in [6, 6.07) is 16.2. The molecule has 0 aliphatic carbocycles. The molecule has 3 rings (SSSR count). The van der Waals surface area contributed by atoms with Gasteiger partial charge in [-0.15, -0.1) is 0 Å². The number of amides is 1. The number of hydrogen-bond donors (Lipinski definition) is 2. The standard InChI is InChI=1S/C21H18BrN3O4S/c1-29-19-11-6-16(22)14-15(19)5-12-21(26)24-17-7-9-18(10-8-17)30(27,28)25-20-4-2-3-13-23-20/h2-14H,1H3,(H,23,25)(H,24,26)/b12-5+. The maximum Gasteiger partial charge on any atom is 0.263 e. The molecule has 0 aliphatic rings. The van der Waals surface area contributed by atoms with Gasteiger partial charge in [0.25, 0.3) is 10.0 Å². The number of aromatic nitrogens is 1. The number of pyridine rings is 1. The van der Waals surface area contributed by atoms with Crippen LogP contribution in [0.2, 0.25) is 0 Å². The van der Waals surface area contributed by atoms with Crippen molar-refractivity contribution in [2.75, 3.05) is 17.1 Å². The molecule has 1 heterocycles. The number of carbonyl (C=O) groups is 1. The molecule has 0 spiro atoms. The topological polar surface area (TPSA) is 97.4 Å². The Bertz CT molecular complexity index is 1160. The number of benzene rings is 2. The number of sulfonamides is 1. The highest BCUT2D eigenvalue weighted by atomic mass is 79.9.